The zero-order valence-electron chi connectivity index (χ0n) is 20.4. The second-order valence-corrected chi connectivity index (χ2v) is 11.8. The molecule has 0 N–H and O–H groups in total. The van der Waals surface area contributed by atoms with Crippen LogP contribution < -0.4 is 0 Å². The van der Waals surface area contributed by atoms with E-state index in [1.165, 1.54) is 13.8 Å². The summed E-state index contributed by atoms with van der Waals surface area (Å²) in [5.41, 5.74) is -3.88. The highest BCUT2D eigenvalue weighted by Gasteiger charge is 2.67. The van der Waals surface area contributed by atoms with Crippen LogP contribution >= 0.6 is 0 Å². The second-order valence-electron chi connectivity index (χ2n) is 11.8. The molecular weight excluding hydrogens is 378 g/mol. The molecule has 0 amide bonds. The van der Waals surface area contributed by atoms with E-state index in [1.54, 1.807) is 34.6 Å². The van der Waals surface area contributed by atoms with Crippen molar-refractivity contribution in [1.82, 2.24) is 0 Å². The quantitative estimate of drug-likeness (QED) is 0.533. The number of hydrogen-bond acceptors (Lipinski definition) is 4. The number of hydrogen-bond donors (Lipinski definition) is 0. The first-order valence-corrected chi connectivity index (χ1v) is 10.5. The van der Waals surface area contributed by atoms with Crippen LogP contribution in [0.3, 0.4) is 0 Å². The predicted octanol–water partition coefficient (Wildman–Crippen LogP) is 5.73. The van der Waals surface area contributed by atoms with Crippen molar-refractivity contribution in [2.75, 3.05) is 13.7 Å². The number of alkyl halides is 2. The van der Waals surface area contributed by atoms with Crippen molar-refractivity contribution in [3.05, 3.63) is 0 Å². The zero-order chi connectivity index (χ0) is 23.2. The fourth-order valence-corrected chi connectivity index (χ4v) is 4.24. The van der Waals surface area contributed by atoms with E-state index in [0.29, 0.717) is 6.61 Å². The molecule has 0 aliphatic carbocycles. The van der Waals surface area contributed by atoms with Crippen LogP contribution in [0.5, 0.6) is 0 Å². The molecule has 0 saturated carbocycles. The fraction of sp³-hybridized carbons (Fsp3) is 0.957. The molecule has 0 radical (unpaired) electrons. The van der Waals surface area contributed by atoms with Crippen molar-refractivity contribution in [2.24, 2.45) is 27.6 Å². The molecule has 6 heteroatoms. The molecule has 1 rings (SSSR count). The molecule has 1 saturated heterocycles. The molecule has 4 nitrogen and oxygen atoms in total. The first-order chi connectivity index (χ1) is 12.7. The minimum atomic E-state index is -3.35. The summed E-state index contributed by atoms with van der Waals surface area (Å²) in [6, 6.07) is 0. The number of esters is 1. The average molecular weight is 421 g/mol. The van der Waals surface area contributed by atoms with Crippen LogP contribution in [0.15, 0.2) is 0 Å². The van der Waals surface area contributed by atoms with Gasteiger partial charge in [0.05, 0.1) is 32.0 Å². The predicted molar refractivity (Wildman–Crippen MR) is 111 cm³/mol. The van der Waals surface area contributed by atoms with Crippen LogP contribution in [0.4, 0.5) is 8.78 Å². The van der Waals surface area contributed by atoms with Gasteiger partial charge in [-0.2, -0.15) is 0 Å². The Morgan fingerprint density at radius 1 is 0.966 bits per heavy atom. The Morgan fingerprint density at radius 2 is 1.45 bits per heavy atom. The summed E-state index contributed by atoms with van der Waals surface area (Å²) in [7, 11) is 1.16. The van der Waals surface area contributed by atoms with Crippen molar-refractivity contribution in [3.63, 3.8) is 0 Å². The van der Waals surface area contributed by atoms with Gasteiger partial charge in [-0.25, -0.2) is 8.78 Å². The number of methoxy groups -OCH3 is 1. The minimum absolute atomic E-state index is 0.104. The number of ether oxygens (including phenoxy) is 3. The lowest BCUT2D eigenvalue weighted by Gasteiger charge is -2.57. The number of rotatable bonds is 5. The number of carbonyl (C=O) groups excluding carboxylic acids is 1. The third-order valence-corrected chi connectivity index (χ3v) is 6.84. The van der Waals surface area contributed by atoms with E-state index in [1.807, 2.05) is 27.7 Å². The van der Waals surface area contributed by atoms with Gasteiger partial charge in [0.1, 0.15) is 5.92 Å². The molecule has 0 aromatic heterocycles. The maximum absolute atomic E-state index is 16.2. The van der Waals surface area contributed by atoms with E-state index in [4.69, 9.17) is 14.2 Å². The Hall–Kier alpha value is -0.750. The number of halogens is 2. The third kappa shape index (κ3) is 4.79. The van der Waals surface area contributed by atoms with Crippen molar-refractivity contribution >= 4 is 5.97 Å². The van der Waals surface area contributed by atoms with Crippen LogP contribution in [0, 0.1) is 27.6 Å². The molecule has 0 spiro atoms. The van der Waals surface area contributed by atoms with Crippen LogP contribution in [0.1, 0.15) is 76.2 Å². The molecule has 0 bridgehead atoms. The SMILES string of the molecule is COC(=O)C(C(C)(C)C)C(F)(F)C(C)(C)C(C)(C)C1OCC(C)OC1C(C)(C)C. The van der Waals surface area contributed by atoms with Gasteiger partial charge in [-0.3, -0.25) is 4.79 Å². The Bertz CT molecular complexity index is 585. The summed E-state index contributed by atoms with van der Waals surface area (Å²) in [6.45, 7) is 19.9. The highest BCUT2D eigenvalue weighted by atomic mass is 19.3. The van der Waals surface area contributed by atoms with E-state index in [-0.39, 0.29) is 17.6 Å². The van der Waals surface area contributed by atoms with Crippen molar-refractivity contribution in [1.29, 1.82) is 0 Å². The summed E-state index contributed by atoms with van der Waals surface area (Å²) in [4.78, 5) is 12.5. The molecule has 1 fully saturated rings. The molecule has 0 aromatic carbocycles. The maximum atomic E-state index is 16.2. The standard InChI is InChI=1S/C23H42F2O4/c1-14-13-28-17(16(29-14)20(5,6)7)21(8,9)22(10,11)23(24,25)15(18(26)27-12)19(2,3)4/h14-17H,13H2,1-12H3. The average Bonchev–Trinajstić information content (AvgIpc) is 2.51. The zero-order valence-corrected chi connectivity index (χ0v) is 20.4. The van der Waals surface area contributed by atoms with Crippen molar-refractivity contribution in [2.45, 2.75) is 100 Å². The summed E-state index contributed by atoms with van der Waals surface area (Å²) in [5.74, 6) is -5.84. The molecular formula is C23H42F2O4. The van der Waals surface area contributed by atoms with Crippen molar-refractivity contribution < 1.29 is 27.8 Å². The fourth-order valence-electron chi connectivity index (χ4n) is 4.24. The van der Waals surface area contributed by atoms with Gasteiger partial charge in [0.2, 0.25) is 0 Å². The highest BCUT2D eigenvalue weighted by molar-refractivity contribution is 5.74. The summed E-state index contributed by atoms with van der Waals surface area (Å²) >= 11 is 0. The first-order valence-electron chi connectivity index (χ1n) is 10.5. The Kier molecular flexibility index (Phi) is 7.31. The van der Waals surface area contributed by atoms with Crippen LogP contribution in [0.25, 0.3) is 0 Å². The van der Waals surface area contributed by atoms with Gasteiger partial charge < -0.3 is 14.2 Å². The van der Waals surface area contributed by atoms with Crippen molar-refractivity contribution in [3.8, 4) is 0 Å². The normalized spacial score (nSPS) is 26.2. The Morgan fingerprint density at radius 3 is 1.83 bits per heavy atom. The lowest BCUT2D eigenvalue weighted by Crippen LogP contribution is -2.64. The third-order valence-electron chi connectivity index (χ3n) is 6.84. The summed E-state index contributed by atoms with van der Waals surface area (Å²) < 4.78 is 49.4. The molecule has 4 unspecified atom stereocenters. The molecule has 1 heterocycles. The molecule has 29 heavy (non-hydrogen) atoms. The molecule has 172 valence electrons. The van der Waals surface area contributed by atoms with Gasteiger partial charge in [-0.15, -0.1) is 0 Å². The summed E-state index contributed by atoms with van der Waals surface area (Å²) in [6.07, 6.45) is -1.02. The van der Waals surface area contributed by atoms with E-state index in [0.717, 1.165) is 7.11 Å². The largest absolute Gasteiger partial charge is 0.469 e. The van der Waals surface area contributed by atoms with E-state index >= 15 is 8.78 Å². The van der Waals surface area contributed by atoms with Gasteiger partial charge in [-0.1, -0.05) is 69.2 Å². The number of carbonyl (C=O) groups is 1. The van der Waals surface area contributed by atoms with Gasteiger partial charge >= 0.3 is 5.97 Å². The summed E-state index contributed by atoms with van der Waals surface area (Å²) in [5, 5.41) is 0. The van der Waals surface area contributed by atoms with E-state index in [9.17, 15) is 4.79 Å². The first kappa shape index (κ1) is 26.3. The minimum Gasteiger partial charge on any atom is -0.469 e. The van der Waals surface area contributed by atoms with E-state index in [2.05, 4.69) is 0 Å². The smallest absolute Gasteiger partial charge is 0.315 e. The molecule has 0 aromatic rings. The Balaban J connectivity index is 3.51. The van der Waals surface area contributed by atoms with Gasteiger partial charge in [0, 0.05) is 10.8 Å². The maximum Gasteiger partial charge on any atom is 0.315 e. The Labute approximate surface area is 176 Å². The molecule has 4 atom stereocenters. The van der Waals surface area contributed by atoms with Gasteiger partial charge in [0.25, 0.3) is 5.92 Å². The highest BCUT2D eigenvalue weighted by Crippen LogP contribution is 2.59. The monoisotopic (exact) mass is 420 g/mol. The van der Waals surface area contributed by atoms with E-state index < -0.39 is 40.2 Å². The lowest BCUT2D eigenvalue weighted by molar-refractivity contribution is -0.285. The van der Waals surface area contributed by atoms with Crippen LogP contribution in [0.2, 0.25) is 0 Å². The van der Waals surface area contributed by atoms with Gasteiger partial charge in [-0.05, 0) is 17.8 Å². The molecule has 1 aliphatic heterocycles. The molecule has 1 aliphatic rings. The van der Waals surface area contributed by atoms with Crippen LogP contribution in [-0.4, -0.2) is 43.9 Å². The second kappa shape index (κ2) is 8.07. The topological polar surface area (TPSA) is 44.8 Å². The van der Waals surface area contributed by atoms with Crippen LogP contribution in [-0.2, 0) is 19.0 Å². The van der Waals surface area contributed by atoms with Gasteiger partial charge in [0.15, 0.2) is 0 Å². The lowest BCUT2D eigenvalue weighted by atomic mass is 9.54.